The summed E-state index contributed by atoms with van der Waals surface area (Å²) in [7, 11) is 0. The first kappa shape index (κ1) is 17.0. The Balaban J connectivity index is 1.79. The van der Waals surface area contributed by atoms with Crippen LogP contribution in [0.2, 0.25) is 0 Å². The lowest BCUT2D eigenvalue weighted by atomic mass is 10.1. The topological polar surface area (TPSA) is 77.5 Å². The summed E-state index contributed by atoms with van der Waals surface area (Å²) in [6.45, 7) is 3.33. The summed E-state index contributed by atoms with van der Waals surface area (Å²) in [4.78, 5) is 26.8. The third kappa shape index (κ3) is 5.37. The average molecular weight is 334 g/mol. The minimum absolute atomic E-state index is 0.0493. The van der Waals surface area contributed by atoms with Gasteiger partial charge in [-0.1, -0.05) is 25.1 Å². The maximum atomic E-state index is 11.7. The zero-order chi connectivity index (χ0) is 16.7. The van der Waals surface area contributed by atoms with Crippen LogP contribution in [0.3, 0.4) is 0 Å². The highest BCUT2D eigenvalue weighted by Gasteiger charge is 2.09. The molecular formula is C16H18N2O4S. The Hall–Kier alpha value is -2.41. The number of carbonyl (C=O) groups is 2. The van der Waals surface area contributed by atoms with Gasteiger partial charge in [0, 0.05) is 12.3 Å². The van der Waals surface area contributed by atoms with Crippen molar-refractivity contribution in [3.8, 4) is 5.75 Å². The quantitative estimate of drug-likeness (QED) is 0.788. The van der Waals surface area contributed by atoms with Crippen LogP contribution in [0.4, 0.5) is 5.13 Å². The summed E-state index contributed by atoms with van der Waals surface area (Å²) in [6.07, 6.45) is 0.829. The second-order valence-corrected chi connectivity index (χ2v) is 5.59. The molecule has 7 heteroatoms. The van der Waals surface area contributed by atoms with Gasteiger partial charge in [0.15, 0.2) is 11.7 Å². The van der Waals surface area contributed by atoms with Gasteiger partial charge in [0.25, 0.3) is 0 Å². The van der Waals surface area contributed by atoms with Crippen LogP contribution >= 0.6 is 11.3 Å². The van der Waals surface area contributed by atoms with Crippen molar-refractivity contribution >= 4 is 28.3 Å². The standard InChI is InChI=1S/C16H18N2O4S/c1-3-12-6-4-5-7-14(12)21-9-15(20)22-8-13-10-23-16(18-13)17-11(2)19/h4-7,10H,3,8-9H2,1-2H3,(H,17,18,19). The molecule has 1 heterocycles. The van der Waals surface area contributed by atoms with Crippen molar-refractivity contribution < 1.29 is 19.1 Å². The number of amides is 1. The second-order valence-electron chi connectivity index (χ2n) is 4.74. The van der Waals surface area contributed by atoms with Crippen molar-refractivity contribution in [2.45, 2.75) is 26.9 Å². The molecule has 0 spiro atoms. The molecule has 23 heavy (non-hydrogen) atoms. The van der Waals surface area contributed by atoms with Crippen molar-refractivity contribution in [1.82, 2.24) is 4.98 Å². The van der Waals surface area contributed by atoms with E-state index >= 15 is 0 Å². The Morgan fingerprint density at radius 3 is 2.83 bits per heavy atom. The summed E-state index contributed by atoms with van der Waals surface area (Å²) in [5.41, 5.74) is 1.63. The number of thiazole rings is 1. The molecule has 0 saturated heterocycles. The third-order valence-corrected chi connectivity index (χ3v) is 3.72. The maximum absolute atomic E-state index is 11.7. The van der Waals surface area contributed by atoms with Crippen LogP contribution in [0, 0.1) is 0 Å². The van der Waals surface area contributed by atoms with E-state index in [1.54, 1.807) is 5.38 Å². The predicted octanol–water partition coefficient (Wildman–Crippen LogP) is 2.79. The SMILES string of the molecule is CCc1ccccc1OCC(=O)OCc1csc(NC(C)=O)n1. The van der Waals surface area contributed by atoms with Gasteiger partial charge in [-0.05, 0) is 18.1 Å². The van der Waals surface area contributed by atoms with E-state index in [-0.39, 0.29) is 19.1 Å². The fourth-order valence-electron chi connectivity index (χ4n) is 1.85. The van der Waals surface area contributed by atoms with Crippen LogP contribution in [-0.2, 0) is 27.4 Å². The van der Waals surface area contributed by atoms with E-state index in [4.69, 9.17) is 9.47 Å². The fourth-order valence-corrected chi connectivity index (χ4v) is 2.59. The number of aryl methyl sites for hydroxylation is 1. The smallest absolute Gasteiger partial charge is 0.344 e. The van der Waals surface area contributed by atoms with E-state index in [9.17, 15) is 9.59 Å². The van der Waals surface area contributed by atoms with Crippen molar-refractivity contribution in [3.05, 3.63) is 40.9 Å². The largest absolute Gasteiger partial charge is 0.482 e. The van der Waals surface area contributed by atoms with Crippen molar-refractivity contribution in [3.63, 3.8) is 0 Å². The first-order valence-electron chi connectivity index (χ1n) is 7.16. The number of aromatic nitrogens is 1. The van der Waals surface area contributed by atoms with Gasteiger partial charge in [-0.15, -0.1) is 11.3 Å². The zero-order valence-electron chi connectivity index (χ0n) is 13.0. The molecule has 1 amide bonds. The molecule has 0 radical (unpaired) electrons. The minimum Gasteiger partial charge on any atom is -0.482 e. The first-order chi connectivity index (χ1) is 11.1. The van der Waals surface area contributed by atoms with Crippen LogP contribution in [0.25, 0.3) is 0 Å². The number of para-hydroxylation sites is 1. The summed E-state index contributed by atoms with van der Waals surface area (Å²) in [5, 5.41) is 4.79. The van der Waals surface area contributed by atoms with Gasteiger partial charge in [0.2, 0.25) is 5.91 Å². The van der Waals surface area contributed by atoms with Crippen molar-refractivity contribution in [2.24, 2.45) is 0 Å². The molecule has 0 atom stereocenters. The second kappa shape index (κ2) is 8.28. The van der Waals surface area contributed by atoms with Gasteiger partial charge in [-0.2, -0.15) is 0 Å². The Morgan fingerprint density at radius 2 is 2.09 bits per heavy atom. The Kier molecular flexibility index (Phi) is 6.10. The molecule has 0 saturated carbocycles. The molecule has 0 fully saturated rings. The van der Waals surface area contributed by atoms with Gasteiger partial charge in [0.05, 0.1) is 5.69 Å². The van der Waals surface area contributed by atoms with Gasteiger partial charge >= 0.3 is 5.97 Å². The Morgan fingerprint density at radius 1 is 1.30 bits per heavy atom. The average Bonchev–Trinajstić information content (AvgIpc) is 2.97. The van der Waals surface area contributed by atoms with Gasteiger partial charge in [-0.3, -0.25) is 4.79 Å². The number of hydrogen-bond donors (Lipinski definition) is 1. The molecule has 1 aromatic heterocycles. The number of esters is 1. The summed E-state index contributed by atoms with van der Waals surface area (Å²) >= 11 is 1.28. The number of benzene rings is 1. The molecule has 2 aromatic rings. The van der Waals surface area contributed by atoms with Gasteiger partial charge in [0.1, 0.15) is 12.4 Å². The molecule has 0 aliphatic rings. The van der Waals surface area contributed by atoms with E-state index in [2.05, 4.69) is 10.3 Å². The normalized spacial score (nSPS) is 10.2. The van der Waals surface area contributed by atoms with Crippen molar-refractivity contribution in [2.75, 3.05) is 11.9 Å². The monoisotopic (exact) mass is 334 g/mol. The lowest BCUT2D eigenvalue weighted by molar-refractivity contribution is -0.147. The van der Waals surface area contributed by atoms with Crippen LogP contribution in [0.5, 0.6) is 5.75 Å². The molecule has 0 aliphatic carbocycles. The van der Waals surface area contributed by atoms with E-state index < -0.39 is 5.97 Å². The molecule has 6 nitrogen and oxygen atoms in total. The molecule has 122 valence electrons. The highest BCUT2D eigenvalue weighted by atomic mass is 32.1. The van der Waals surface area contributed by atoms with Gasteiger partial charge < -0.3 is 14.8 Å². The summed E-state index contributed by atoms with van der Waals surface area (Å²) in [5.74, 6) is 0.0319. The molecule has 0 unspecified atom stereocenters. The summed E-state index contributed by atoms with van der Waals surface area (Å²) in [6, 6.07) is 7.57. The molecule has 0 aliphatic heterocycles. The molecule has 1 aromatic carbocycles. The first-order valence-corrected chi connectivity index (χ1v) is 8.04. The highest BCUT2D eigenvalue weighted by Crippen LogP contribution is 2.18. The number of carbonyl (C=O) groups excluding carboxylic acids is 2. The van der Waals surface area contributed by atoms with E-state index in [1.807, 2.05) is 31.2 Å². The number of rotatable bonds is 7. The van der Waals surface area contributed by atoms with E-state index in [0.717, 1.165) is 12.0 Å². The predicted molar refractivity (Wildman–Crippen MR) is 87.5 cm³/mol. The number of hydrogen-bond acceptors (Lipinski definition) is 6. The molecule has 2 rings (SSSR count). The van der Waals surface area contributed by atoms with E-state index in [1.165, 1.54) is 18.3 Å². The molecule has 1 N–H and O–H groups in total. The summed E-state index contributed by atoms with van der Waals surface area (Å²) < 4.78 is 10.6. The van der Waals surface area contributed by atoms with Crippen LogP contribution in [-0.4, -0.2) is 23.5 Å². The third-order valence-electron chi connectivity index (χ3n) is 2.91. The lowest BCUT2D eigenvalue weighted by Crippen LogP contribution is -2.15. The van der Waals surface area contributed by atoms with Crippen molar-refractivity contribution in [1.29, 1.82) is 0 Å². The zero-order valence-corrected chi connectivity index (χ0v) is 13.8. The molecular weight excluding hydrogens is 316 g/mol. The number of nitrogens with one attached hydrogen (secondary N) is 1. The van der Waals surface area contributed by atoms with Crippen LogP contribution in [0.15, 0.2) is 29.6 Å². The fraction of sp³-hybridized carbons (Fsp3) is 0.312. The maximum Gasteiger partial charge on any atom is 0.344 e. The number of ether oxygens (including phenoxy) is 2. The number of anilines is 1. The van der Waals surface area contributed by atoms with E-state index in [0.29, 0.717) is 16.6 Å². The highest BCUT2D eigenvalue weighted by molar-refractivity contribution is 7.13. The van der Waals surface area contributed by atoms with Gasteiger partial charge in [-0.25, -0.2) is 9.78 Å². The Bertz CT molecular complexity index is 684. The lowest BCUT2D eigenvalue weighted by Gasteiger charge is -2.09. The number of nitrogens with zero attached hydrogens (tertiary/aromatic N) is 1. The molecule has 0 bridgehead atoms. The van der Waals surface area contributed by atoms with Crippen LogP contribution < -0.4 is 10.1 Å². The van der Waals surface area contributed by atoms with Crippen LogP contribution in [0.1, 0.15) is 25.1 Å². The Labute approximate surface area is 138 Å². The minimum atomic E-state index is -0.468.